The van der Waals surface area contributed by atoms with Crippen LogP contribution >= 0.6 is 0 Å². The molecule has 0 heterocycles. The number of alkyl halides is 1. The van der Waals surface area contributed by atoms with E-state index in [1.54, 1.807) is 0 Å². The van der Waals surface area contributed by atoms with E-state index < -0.39 is 23.8 Å². The van der Waals surface area contributed by atoms with Gasteiger partial charge in [-0.1, -0.05) is 48.5 Å². The molecule has 0 aliphatic heterocycles. The van der Waals surface area contributed by atoms with Gasteiger partial charge in [0.05, 0.1) is 0 Å². The van der Waals surface area contributed by atoms with E-state index in [4.69, 9.17) is 4.74 Å². The Bertz CT molecular complexity index is 845. The molecule has 2 aromatic carbocycles. The molecule has 148 valence electrons. The van der Waals surface area contributed by atoms with Crippen LogP contribution < -0.4 is 0 Å². The number of amides is 1. The summed E-state index contributed by atoms with van der Waals surface area (Å²) in [5.74, 6) is -1.38. The summed E-state index contributed by atoms with van der Waals surface area (Å²) in [4.78, 5) is 24.9. The number of carbonyl (C=O) groups excluding carboxylic acids is 1. The normalized spacial score (nSPS) is 14.1. The predicted molar refractivity (Wildman–Crippen MR) is 104 cm³/mol. The molecule has 5 nitrogen and oxygen atoms in total. The minimum absolute atomic E-state index is 0.0859. The molecule has 2 aromatic rings. The highest BCUT2D eigenvalue weighted by Crippen LogP contribution is 2.44. The number of hydrogen-bond acceptors (Lipinski definition) is 3. The highest BCUT2D eigenvalue weighted by Gasteiger charge is 2.35. The van der Waals surface area contributed by atoms with Crippen molar-refractivity contribution in [3.8, 4) is 11.1 Å². The molecule has 0 saturated heterocycles. The van der Waals surface area contributed by atoms with Gasteiger partial charge in [-0.2, -0.15) is 0 Å². The zero-order valence-corrected chi connectivity index (χ0v) is 16.2. The summed E-state index contributed by atoms with van der Waals surface area (Å²) in [5.41, 5.74) is 2.63. The number of benzene rings is 2. The van der Waals surface area contributed by atoms with Crippen molar-refractivity contribution in [1.29, 1.82) is 0 Å². The van der Waals surface area contributed by atoms with Gasteiger partial charge in [-0.15, -0.1) is 0 Å². The number of carboxylic acid groups (broad SMARTS) is 1. The van der Waals surface area contributed by atoms with Crippen molar-refractivity contribution >= 4 is 12.1 Å². The number of carbonyl (C=O) groups is 2. The molecule has 3 rings (SSSR count). The molecular formula is C22H24FNO4. The number of aliphatic carboxylic acids is 1. The van der Waals surface area contributed by atoms with Gasteiger partial charge in [0.15, 0.2) is 0 Å². The van der Waals surface area contributed by atoms with E-state index in [0.717, 1.165) is 27.2 Å². The number of hydrogen-bond donors (Lipinski definition) is 1. The van der Waals surface area contributed by atoms with Gasteiger partial charge in [0, 0.05) is 19.4 Å². The molecule has 0 spiro atoms. The van der Waals surface area contributed by atoms with Crippen molar-refractivity contribution in [2.24, 2.45) is 0 Å². The molecule has 0 aromatic heterocycles. The van der Waals surface area contributed by atoms with Crippen LogP contribution in [-0.4, -0.2) is 47.4 Å². The third-order valence-corrected chi connectivity index (χ3v) is 5.06. The molecule has 1 amide bonds. The first-order chi connectivity index (χ1) is 13.2. The van der Waals surface area contributed by atoms with Gasteiger partial charge in [0.1, 0.15) is 18.3 Å². The Balaban J connectivity index is 1.75. The van der Waals surface area contributed by atoms with Crippen LogP contribution in [0.3, 0.4) is 0 Å². The molecule has 0 radical (unpaired) electrons. The maximum atomic E-state index is 13.9. The number of nitrogens with zero attached hydrogens (tertiary/aromatic N) is 1. The van der Waals surface area contributed by atoms with E-state index in [1.807, 2.05) is 48.5 Å². The van der Waals surface area contributed by atoms with Gasteiger partial charge >= 0.3 is 12.1 Å². The monoisotopic (exact) mass is 385 g/mol. The number of halogens is 1. The maximum Gasteiger partial charge on any atom is 0.410 e. The number of carboxylic acids is 1. The Morgan fingerprint density at radius 2 is 1.61 bits per heavy atom. The zero-order chi connectivity index (χ0) is 20.5. The average Bonchev–Trinajstić information content (AvgIpc) is 2.97. The van der Waals surface area contributed by atoms with Crippen LogP contribution in [0.2, 0.25) is 0 Å². The van der Waals surface area contributed by atoms with Gasteiger partial charge in [-0.05, 0) is 36.1 Å². The predicted octanol–water partition coefficient (Wildman–Crippen LogP) is 4.46. The summed E-state index contributed by atoms with van der Waals surface area (Å²) in [6.45, 7) is 2.66. The largest absolute Gasteiger partial charge is 0.480 e. The minimum Gasteiger partial charge on any atom is -0.480 e. The third kappa shape index (κ3) is 4.01. The fourth-order valence-electron chi connectivity index (χ4n) is 3.67. The van der Waals surface area contributed by atoms with Crippen LogP contribution in [0.15, 0.2) is 48.5 Å². The summed E-state index contributed by atoms with van der Waals surface area (Å²) >= 11 is 0. The van der Waals surface area contributed by atoms with Crippen LogP contribution in [0.5, 0.6) is 0 Å². The standard InChI is InChI=1S/C22H24FNO4/c1-22(2,23)12-19(20(25)26)24(3)21(27)28-13-18-16-10-6-4-8-14(16)15-9-5-7-11-17(15)18/h4-11,18-19H,12-13H2,1-3H3,(H,25,26)/t19-/m0/s1. The summed E-state index contributed by atoms with van der Waals surface area (Å²) in [6.07, 6.45) is -1.10. The number of likely N-dealkylation sites (N-methyl/N-ethyl adjacent to an activating group) is 1. The van der Waals surface area contributed by atoms with Crippen molar-refractivity contribution in [3.63, 3.8) is 0 Å². The fraction of sp³-hybridized carbons (Fsp3) is 0.364. The minimum atomic E-state index is -1.72. The third-order valence-electron chi connectivity index (χ3n) is 5.06. The highest BCUT2D eigenvalue weighted by atomic mass is 19.1. The number of fused-ring (bicyclic) bond motifs is 3. The van der Waals surface area contributed by atoms with Crippen LogP contribution in [0, 0.1) is 0 Å². The second-order valence-electron chi connectivity index (χ2n) is 7.69. The zero-order valence-electron chi connectivity index (χ0n) is 16.2. The summed E-state index contributed by atoms with van der Waals surface area (Å²) < 4.78 is 19.4. The van der Waals surface area contributed by atoms with Crippen molar-refractivity contribution in [2.45, 2.75) is 37.9 Å². The van der Waals surface area contributed by atoms with E-state index in [2.05, 4.69) is 0 Å². The first kappa shape index (κ1) is 19.9. The van der Waals surface area contributed by atoms with Crippen molar-refractivity contribution in [3.05, 3.63) is 59.7 Å². The van der Waals surface area contributed by atoms with E-state index in [0.29, 0.717) is 0 Å². The van der Waals surface area contributed by atoms with E-state index in [-0.39, 0.29) is 18.9 Å². The molecule has 0 saturated carbocycles. The Kier molecular flexibility index (Phi) is 5.40. The smallest absolute Gasteiger partial charge is 0.410 e. The first-order valence-corrected chi connectivity index (χ1v) is 9.18. The molecule has 0 fully saturated rings. The van der Waals surface area contributed by atoms with Crippen LogP contribution in [0.1, 0.15) is 37.3 Å². The molecule has 1 N–H and O–H groups in total. The Hall–Kier alpha value is -2.89. The lowest BCUT2D eigenvalue weighted by molar-refractivity contribution is -0.143. The van der Waals surface area contributed by atoms with Crippen LogP contribution in [0.4, 0.5) is 9.18 Å². The SMILES string of the molecule is CN(C(=O)OCC1c2ccccc2-c2ccccc21)[C@@H](CC(C)(C)F)C(=O)O. The summed E-state index contributed by atoms with van der Waals surface area (Å²) in [7, 11) is 1.32. The lowest BCUT2D eigenvalue weighted by atomic mass is 9.98. The molecule has 1 aliphatic carbocycles. The van der Waals surface area contributed by atoms with Gasteiger partial charge in [0.2, 0.25) is 0 Å². The second kappa shape index (κ2) is 7.62. The average molecular weight is 385 g/mol. The molecule has 0 unspecified atom stereocenters. The van der Waals surface area contributed by atoms with Gasteiger partial charge in [-0.25, -0.2) is 14.0 Å². The highest BCUT2D eigenvalue weighted by molar-refractivity contribution is 5.81. The molecular weight excluding hydrogens is 361 g/mol. The van der Waals surface area contributed by atoms with Gasteiger partial charge in [-0.3, -0.25) is 4.90 Å². The second-order valence-corrected chi connectivity index (χ2v) is 7.69. The van der Waals surface area contributed by atoms with E-state index >= 15 is 0 Å². The van der Waals surface area contributed by atoms with Crippen LogP contribution in [0.25, 0.3) is 11.1 Å². The maximum absolute atomic E-state index is 13.9. The van der Waals surface area contributed by atoms with E-state index in [1.165, 1.54) is 20.9 Å². The van der Waals surface area contributed by atoms with Gasteiger partial charge < -0.3 is 9.84 Å². The lowest BCUT2D eigenvalue weighted by Gasteiger charge is -2.28. The van der Waals surface area contributed by atoms with Crippen molar-refractivity contribution in [1.82, 2.24) is 4.90 Å². The van der Waals surface area contributed by atoms with Crippen LogP contribution in [-0.2, 0) is 9.53 Å². The van der Waals surface area contributed by atoms with Crippen molar-refractivity contribution < 1.29 is 23.8 Å². The summed E-state index contributed by atoms with van der Waals surface area (Å²) in [5, 5.41) is 9.38. The van der Waals surface area contributed by atoms with E-state index in [9.17, 15) is 19.1 Å². The fourth-order valence-corrected chi connectivity index (χ4v) is 3.67. The molecule has 28 heavy (non-hydrogen) atoms. The number of rotatable bonds is 6. The Labute approximate surface area is 163 Å². The lowest BCUT2D eigenvalue weighted by Crippen LogP contribution is -2.45. The van der Waals surface area contributed by atoms with Gasteiger partial charge in [0.25, 0.3) is 0 Å². The molecule has 0 bridgehead atoms. The summed E-state index contributed by atoms with van der Waals surface area (Å²) in [6, 6.07) is 14.6. The number of ether oxygens (including phenoxy) is 1. The topological polar surface area (TPSA) is 66.8 Å². The quantitative estimate of drug-likeness (QED) is 0.797. The molecule has 1 atom stereocenters. The Morgan fingerprint density at radius 3 is 2.07 bits per heavy atom. The first-order valence-electron chi connectivity index (χ1n) is 9.18. The molecule has 1 aliphatic rings. The molecule has 6 heteroatoms. The Morgan fingerprint density at radius 1 is 1.11 bits per heavy atom. The van der Waals surface area contributed by atoms with Crippen molar-refractivity contribution in [2.75, 3.05) is 13.7 Å².